The molecule has 0 atom stereocenters. The molecule has 0 saturated carbocycles. The standard InChI is InChI=1S/C10H16N2O2.ClH/c13-6-3-9-7-10(12-14-9)8-1-4-11-5-2-8;/h7-8,11,13H,1-6H2;1H. The van der Waals surface area contributed by atoms with E-state index in [0.717, 1.165) is 37.4 Å². The zero-order valence-corrected chi connectivity index (χ0v) is 9.42. The Balaban J connectivity index is 0.00000112. The third-order valence-electron chi connectivity index (χ3n) is 2.69. The minimum Gasteiger partial charge on any atom is -0.396 e. The van der Waals surface area contributed by atoms with E-state index in [0.29, 0.717) is 12.3 Å². The molecule has 1 fully saturated rings. The summed E-state index contributed by atoms with van der Waals surface area (Å²) >= 11 is 0. The molecule has 5 heteroatoms. The molecule has 1 aromatic heterocycles. The van der Waals surface area contributed by atoms with Gasteiger partial charge in [-0.15, -0.1) is 12.4 Å². The van der Waals surface area contributed by atoms with Crippen LogP contribution in [-0.4, -0.2) is 30.0 Å². The summed E-state index contributed by atoms with van der Waals surface area (Å²) in [6.07, 6.45) is 2.83. The average molecular weight is 233 g/mol. The lowest BCUT2D eigenvalue weighted by Gasteiger charge is -2.19. The lowest BCUT2D eigenvalue weighted by atomic mass is 9.94. The number of hydrogen-bond acceptors (Lipinski definition) is 4. The summed E-state index contributed by atoms with van der Waals surface area (Å²) in [6, 6.07) is 1.98. The number of hydrogen-bond donors (Lipinski definition) is 2. The lowest BCUT2D eigenvalue weighted by molar-refractivity contribution is 0.276. The van der Waals surface area contributed by atoms with E-state index in [9.17, 15) is 0 Å². The topological polar surface area (TPSA) is 58.3 Å². The van der Waals surface area contributed by atoms with E-state index >= 15 is 0 Å². The molecular formula is C10H17ClN2O2. The predicted molar refractivity (Wildman–Crippen MR) is 59.4 cm³/mol. The Kier molecular flexibility index (Phi) is 5.08. The van der Waals surface area contributed by atoms with Gasteiger partial charge in [-0.3, -0.25) is 0 Å². The highest BCUT2D eigenvalue weighted by atomic mass is 35.5. The van der Waals surface area contributed by atoms with Crippen molar-refractivity contribution in [3.63, 3.8) is 0 Å². The van der Waals surface area contributed by atoms with Crippen molar-refractivity contribution in [2.75, 3.05) is 19.7 Å². The van der Waals surface area contributed by atoms with Crippen molar-refractivity contribution in [3.8, 4) is 0 Å². The molecule has 0 spiro atoms. The van der Waals surface area contributed by atoms with Crippen molar-refractivity contribution in [2.45, 2.75) is 25.2 Å². The molecule has 1 aliphatic heterocycles. The van der Waals surface area contributed by atoms with Gasteiger partial charge in [-0.1, -0.05) is 5.16 Å². The molecular weight excluding hydrogens is 216 g/mol. The normalized spacial score (nSPS) is 17.4. The van der Waals surface area contributed by atoms with Gasteiger partial charge in [0.05, 0.1) is 12.3 Å². The molecule has 2 rings (SSSR count). The number of piperidine rings is 1. The van der Waals surface area contributed by atoms with Crippen molar-refractivity contribution in [2.24, 2.45) is 0 Å². The number of aliphatic hydroxyl groups is 1. The van der Waals surface area contributed by atoms with Crippen LogP contribution in [0.5, 0.6) is 0 Å². The largest absolute Gasteiger partial charge is 0.396 e. The van der Waals surface area contributed by atoms with Gasteiger partial charge in [0.25, 0.3) is 0 Å². The van der Waals surface area contributed by atoms with E-state index in [1.165, 1.54) is 0 Å². The molecule has 4 nitrogen and oxygen atoms in total. The maximum Gasteiger partial charge on any atom is 0.139 e. The Morgan fingerprint density at radius 1 is 1.47 bits per heavy atom. The van der Waals surface area contributed by atoms with Crippen LogP contribution in [0.25, 0.3) is 0 Å². The summed E-state index contributed by atoms with van der Waals surface area (Å²) in [5.74, 6) is 1.33. The molecule has 0 radical (unpaired) electrons. The van der Waals surface area contributed by atoms with Gasteiger partial charge in [0.2, 0.25) is 0 Å². The Hall–Kier alpha value is -0.580. The lowest BCUT2D eigenvalue weighted by Crippen LogP contribution is -2.26. The molecule has 86 valence electrons. The van der Waals surface area contributed by atoms with Gasteiger partial charge < -0.3 is 14.9 Å². The third-order valence-corrected chi connectivity index (χ3v) is 2.69. The number of rotatable bonds is 3. The first kappa shape index (κ1) is 12.5. The molecule has 15 heavy (non-hydrogen) atoms. The van der Waals surface area contributed by atoms with Crippen LogP contribution < -0.4 is 5.32 Å². The minimum absolute atomic E-state index is 0. The second kappa shape index (κ2) is 6.10. The minimum atomic E-state index is 0. The van der Waals surface area contributed by atoms with E-state index in [4.69, 9.17) is 9.63 Å². The van der Waals surface area contributed by atoms with Gasteiger partial charge in [0.15, 0.2) is 0 Å². The van der Waals surface area contributed by atoms with E-state index in [2.05, 4.69) is 10.5 Å². The number of nitrogens with zero attached hydrogens (tertiary/aromatic N) is 1. The fourth-order valence-corrected chi connectivity index (χ4v) is 1.87. The van der Waals surface area contributed by atoms with Crippen LogP contribution in [-0.2, 0) is 6.42 Å². The maximum absolute atomic E-state index is 8.74. The van der Waals surface area contributed by atoms with Gasteiger partial charge in [-0.25, -0.2) is 0 Å². The first-order valence-corrected chi connectivity index (χ1v) is 5.17. The van der Waals surface area contributed by atoms with Crippen molar-refractivity contribution in [1.82, 2.24) is 10.5 Å². The quantitative estimate of drug-likeness (QED) is 0.820. The molecule has 2 heterocycles. The van der Waals surface area contributed by atoms with Gasteiger partial charge in [-0.05, 0) is 25.9 Å². The smallest absolute Gasteiger partial charge is 0.139 e. The van der Waals surface area contributed by atoms with Gasteiger partial charge >= 0.3 is 0 Å². The fraction of sp³-hybridized carbons (Fsp3) is 0.700. The van der Waals surface area contributed by atoms with Crippen molar-refractivity contribution >= 4 is 12.4 Å². The molecule has 0 aliphatic carbocycles. The van der Waals surface area contributed by atoms with E-state index in [-0.39, 0.29) is 19.0 Å². The van der Waals surface area contributed by atoms with Crippen molar-refractivity contribution in [1.29, 1.82) is 0 Å². The maximum atomic E-state index is 8.74. The molecule has 1 saturated heterocycles. The molecule has 0 aromatic carbocycles. The van der Waals surface area contributed by atoms with E-state index < -0.39 is 0 Å². The molecule has 1 aliphatic rings. The fourth-order valence-electron chi connectivity index (χ4n) is 1.87. The Bertz CT molecular complexity index is 285. The highest BCUT2D eigenvalue weighted by molar-refractivity contribution is 5.85. The van der Waals surface area contributed by atoms with E-state index in [1.807, 2.05) is 6.07 Å². The molecule has 0 bridgehead atoms. The third kappa shape index (κ3) is 3.19. The predicted octanol–water partition coefficient (Wildman–Crippen LogP) is 1.10. The molecule has 0 unspecified atom stereocenters. The average Bonchev–Trinajstić information content (AvgIpc) is 2.68. The highest BCUT2D eigenvalue weighted by Gasteiger charge is 2.18. The van der Waals surface area contributed by atoms with Crippen LogP contribution in [0, 0.1) is 0 Å². The molecule has 0 amide bonds. The molecule has 2 N–H and O–H groups in total. The molecule has 1 aromatic rings. The highest BCUT2D eigenvalue weighted by Crippen LogP contribution is 2.24. The summed E-state index contributed by atoms with van der Waals surface area (Å²) in [5, 5.41) is 16.1. The Morgan fingerprint density at radius 2 is 2.20 bits per heavy atom. The number of halogens is 1. The summed E-state index contributed by atoms with van der Waals surface area (Å²) in [4.78, 5) is 0. The summed E-state index contributed by atoms with van der Waals surface area (Å²) < 4.78 is 5.13. The van der Waals surface area contributed by atoms with Crippen LogP contribution in [0.4, 0.5) is 0 Å². The van der Waals surface area contributed by atoms with Gasteiger partial charge in [0.1, 0.15) is 5.76 Å². The first-order valence-electron chi connectivity index (χ1n) is 5.17. The van der Waals surface area contributed by atoms with Gasteiger partial charge in [-0.2, -0.15) is 0 Å². The van der Waals surface area contributed by atoms with Crippen LogP contribution in [0.2, 0.25) is 0 Å². The van der Waals surface area contributed by atoms with Crippen LogP contribution >= 0.6 is 12.4 Å². The Labute approximate surface area is 95.4 Å². The SMILES string of the molecule is Cl.OCCc1cc(C2CCNCC2)no1. The van der Waals surface area contributed by atoms with E-state index in [1.54, 1.807) is 0 Å². The van der Waals surface area contributed by atoms with Crippen molar-refractivity contribution < 1.29 is 9.63 Å². The number of aliphatic hydroxyl groups excluding tert-OH is 1. The Morgan fingerprint density at radius 3 is 2.87 bits per heavy atom. The monoisotopic (exact) mass is 232 g/mol. The number of nitrogens with one attached hydrogen (secondary N) is 1. The van der Waals surface area contributed by atoms with Crippen LogP contribution in [0.15, 0.2) is 10.6 Å². The van der Waals surface area contributed by atoms with Crippen LogP contribution in [0.3, 0.4) is 0 Å². The second-order valence-electron chi connectivity index (χ2n) is 3.72. The summed E-state index contributed by atoms with van der Waals surface area (Å²) in [5.41, 5.74) is 1.05. The zero-order chi connectivity index (χ0) is 9.80. The first-order chi connectivity index (χ1) is 6.90. The van der Waals surface area contributed by atoms with Gasteiger partial charge in [0, 0.05) is 18.4 Å². The summed E-state index contributed by atoms with van der Waals surface area (Å²) in [7, 11) is 0. The second-order valence-corrected chi connectivity index (χ2v) is 3.72. The number of aromatic nitrogens is 1. The van der Waals surface area contributed by atoms with Crippen molar-refractivity contribution in [3.05, 3.63) is 17.5 Å². The van der Waals surface area contributed by atoms with Crippen LogP contribution in [0.1, 0.15) is 30.2 Å². The zero-order valence-electron chi connectivity index (χ0n) is 8.61. The summed E-state index contributed by atoms with van der Waals surface area (Å²) in [6.45, 7) is 2.25.